The van der Waals surface area contributed by atoms with Gasteiger partial charge in [-0.15, -0.1) is 11.3 Å². The van der Waals surface area contributed by atoms with Crippen LogP contribution in [0.2, 0.25) is 0 Å². The van der Waals surface area contributed by atoms with Crippen LogP contribution in [0, 0.1) is 6.92 Å². The molecule has 0 spiro atoms. The molecule has 0 bridgehead atoms. The highest BCUT2D eigenvalue weighted by molar-refractivity contribution is 7.13. The van der Waals surface area contributed by atoms with Crippen LogP contribution < -0.4 is 5.73 Å². The second kappa shape index (κ2) is 5.74. The van der Waals surface area contributed by atoms with E-state index < -0.39 is 0 Å². The Morgan fingerprint density at radius 3 is 2.57 bits per heavy atom. The SMILES string of the molecule is CCCc1c(-c2sccc2C)nn(-c2ccccc2)c1N. The normalized spacial score (nSPS) is 11.0. The number of aryl methyl sites for hydroxylation is 1. The first-order valence-electron chi connectivity index (χ1n) is 7.19. The maximum absolute atomic E-state index is 6.38. The summed E-state index contributed by atoms with van der Waals surface area (Å²) in [5.41, 5.74) is 10.8. The van der Waals surface area contributed by atoms with Crippen LogP contribution in [0.15, 0.2) is 41.8 Å². The zero-order valence-electron chi connectivity index (χ0n) is 12.3. The predicted molar refractivity (Wildman–Crippen MR) is 90.0 cm³/mol. The molecule has 0 radical (unpaired) electrons. The van der Waals surface area contributed by atoms with Crippen molar-refractivity contribution in [1.82, 2.24) is 9.78 Å². The highest BCUT2D eigenvalue weighted by Crippen LogP contribution is 2.35. The minimum absolute atomic E-state index is 0.755. The van der Waals surface area contributed by atoms with Crippen molar-refractivity contribution in [3.8, 4) is 16.3 Å². The Kier molecular flexibility index (Phi) is 3.80. The van der Waals surface area contributed by atoms with E-state index in [1.807, 2.05) is 35.0 Å². The molecule has 0 saturated heterocycles. The molecular weight excluding hydrogens is 278 g/mol. The molecule has 3 aromatic rings. The lowest BCUT2D eigenvalue weighted by molar-refractivity contribution is 0.892. The molecule has 0 unspecified atom stereocenters. The van der Waals surface area contributed by atoms with Gasteiger partial charge in [-0.1, -0.05) is 31.5 Å². The first-order valence-corrected chi connectivity index (χ1v) is 8.07. The average molecular weight is 297 g/mol. The van der Waals surface area contributed by atoms with E-state index in [0.717, 1.165) is 35.6 Å². The van der Waals surface area contributed by atoms with Crippen molar-refractivity contribution >= 4 is 17.2 Å². The zero-order chi connectivity index (χ0) is 14.8. The molecule has 21 heavy (non-hydrogen) atoms. The molecule has 4 heteroatoms. The van der Waals surface area contributed by atoms with Gasteiger partial charge in [0.2, 0.25) is 0 Å². The van der Waals surface area contributed by atoms with Crippen molar-refractivity contribution in [3.63, 3.8) is 0 Å². The Labute approximate surface area is 129 Å². The largest absolute Gasteiger partial charge is 0.383 e. The lowest BCUT2D eigenvalue weighted by atomic mass is 10.1. The number of rotatable bonds is 4. The van der Waals surface area contributed by atoms with Gasteiger partial charge in [-0.05, 0) is 42.5 Å². The van der Waals surface area contributed by atoms with Crippen molar-refractivity contribution < 1.29 is 0 Å². The molecule has 0 aliphatic rings. The summed E-state index contributed by atoms with van der Waals surface area (Å²) >= 11 is 1.73. The summed E-state index contributed by atoms with van der Waals surface area (Å²) in [4.78, 5) is 1.22. The van der Waals surface area contributed by atoms with E-state index in [1.54, 1.807) is 11.3 Å². The number of aromatic nitrogens is 2. The molecular formula is C17H19N3S. The Hall–Kier alpha value is -2.07. The van der Waals surface area contributed by atoms with Gasteiger partial charge in [0.15, 0.2) is 0 Å². The lowest BCUT2D eigenvalue weighted by Crippen LogP contribution is -2.02. The minimum Gasteiger partial charge on any atom is -0.383 e. The number of para-hydroxylation sites is 1. The summed E-state index contributed by atoms with van der Waals surface area (Å²) in [6, 6.07) is 12.2. The molecule has 0 amide bonds. The standard InChI is InChI=1S/C17H19N3S/c1-3-7-14-15(16-12(2)10-11-21-16)19-20(17(14)18)13-8-5-4-6-9-13/h4-6,8-11H,3,7,18H2,1-2H3. The average Bonchev–Trinajstić information content (AvgIpc) is 3.05. The number of nitrogen functional groups attached to an aromatic ring is 1. The van der Waals surface area contributed by atoms with Gasteiger partial charge in [0.25, 0.3) is 0 Å². The lowest BCUT2D eigenvalue weighted by Gasteiger charge is -2.04. The van der Waals surface area contributed by atoms with Crippen LogP contribution in [0.25, 0.3) is 16.3 Å². The number of thiophene rings is 1. The topological polar surface area (TPSA) is 43.8 Å². The molecule has 3 nitrogen and oxygen atoms in total. The van der Waals surface area contributed by atoms with Crippen LogP contribution in [0.1, 0.15) is 24.5 Å². The van der Waals surface area contributed by atoms with Crippen LogP contribution in [0.4, 0.5) is 5.82 Å². The molecule has 1 aromatic carbocycles. The third-order valence-electron chi connectivity index (χ3n) is 3.60. The molecule has 2 heterocycles. The third kappa shape index (κ3) is 2.47. The molecule has 2 aromatic heterocycles. The van der Waals surface area contributed by atoms with Gasteiger partial charge in [-0.25, -0.2) is 4.68 Å². The van der Waals surface area contributed by atoms with Crippen molar-refractivity contribution in [1.29, 1.82) is 0 Å². The predicted octanol–water partition coefficient (Wildman–Crippen LogP) is 4.44. The van der Waals surface area contributed by atoms with Crippen LogP contribution in [0.5, 0.6) is 0 Å². The van der Waals surface area contributed by atoms with Crippen LogP contribution in [-0.4, -0.2) is 9.78 Å². The maximum Gasteiger partial charge on any atom is 0.131 e. The van der Waals surface area contributed by atoms with Crippen LogP contribution in [0.3, 0.4) is 0 Å². The second-order valence-corrected chi connectivity index (χ2v) is 6.06. The van der Waals surface area contributed by atoms with Gasteiger partial charge >= 0.3 is 0 Å². The summed E-state index contributed by atoms with van der Waals surface area (Å²) in [5, 5.41) is 6.91. The molecule has 0 atom stereocenters. The summed E-state index contributed by atoms with van der Waals surface area (Å²) in [6.45, 7) is 4.30. The number of nitrogens with zero attached hydrogens (tertiary/aromatic N) is 2. The van der Waals surface area contributed by atoms with Crippen molar-refractivity contribution in [2.75, 3.05) is 5.73 Å². The molecule has 0 aliphatic carbocycles. The molecule has 0 fully saturated rings. The van der Waals surface area contributed by atoms with Crippen LogP contribution in [-0.2, 0) is 6.42 Å². The van der Waals surface area contributed by atoms with E-state index in [0.29, 0.717) is 0 Å². The Morgan fingerprint density at radius 1 is 1.19 bits per heavy atom. The first kappa shape index (κ1) is 13.9. The van der Waals surface area contributed by atoms with Gasteiger partial charge in [0, 0.05) is 5.56 Å². The van der Waals surface area contributed by atoms with Crippen LogP contribution >= 0.6 is 11.3 Å². The second-order valence-electron chi connectivity index (χ2n) is 5.14. The summed E-state index contributed by atoms with van der Waals surface area (Å²) in [5.74, 6) is 0.755. The van der Waals surface area contributed by atoms with E-state index in [9.17, 15) is 0 Å². The van der Waals surface area contributed by atoms with Gasteiger partial charge in [0.05, 0.1) is 10.6 Å². The number of benzene rings is 1. The summed E-state index contributed by atoms with van der Waals surface area (Å²) in [6.07, 6.45) is 2.01. The Morgan fingerprint density at radius 2 is 1.95 bits per heavy atom. The van der Waals surface area contributed by atoms with Crippen molar-refractivity contribution in [2.24, 2.45) is 0 Å². The van der Waals surface area contributed by atoms with Gasteiger partial charge in [0.1, 0.15) is 11.5 Å². The van der Waals surface area contributed by atoms with Crippen molar-refractivity contribution in [2.45, 2.75) is 26.7 Å². The first-order chi connectivity index (χ1) is 10.2. The Balaban J connectivity index is 2.19. The van der Waals surface area contributed by atoms with E-state index in [1.165, 1.54) is 10.4 Å². The number of hydrogen-bond acceptors (Lipinski definition) is 3. The smallest absolute Gasteiger partial charge is 0.131 e. The zero-order valence-corrected chi connectivity index (χ0v) is 13.2. The number of anilines is 1. The summed E-state index contributed by atoms with van der Waals surface area (Å²) < 4.78 is 1.86. The van der Waals surface area contributed by atoms with E-state index in [4.69, 9.17) is 10.8 Å². The fraction of sp³-hybridized carbons (Fsp3) is 0.235. The van der Waals surface area contributed by atoms with Crippen molar-refractivity contribution in [3.05, 3.63) is 52.9 Å². The molecule has 0 saturated carbocycles. The highest BCUT2D eigenvalue weighted by Gasteiger charge is 2.19. The van der Waals surface area contributed by atoms with Gasteiger partial charge < -0.3 is 5.73 Å². The van der Waals surface area contributed by atoms with E-state index >= 15 is 0 Å². The molecule has 108 valence electrons. The number of nitrogens with two attached hydrogens (primary N) is 1. The third-order valence-corrected chi connectivity index (χ3v) is 4.62. The van der Waals surface area contributed by atoms with E-state index in [-0.39, 0.29) is 0 Å². The molecule has 3 rings (SSSR count). The number of hydrogen-bond donors (Lipinski definition) is 1. The fourth-order valence-corrected chi connectivity index (χ4v) is 3.46. The molecule has 2 N–H and O–H groups in total. The minimum atomic E-state index is 0.755. The maximum atomic E-state index is 6.38. The quantitative estimate of drug-likeness (QED) is 0.773. The van der Waals surface area contributed by atoms with Gasteiger partial charge in [-0.2, -0.15) is 5.10 Å². The van der Waals surface area contributed by atoms with Gasteiger partial charge in [-0.3, -0.25) is 0 Å². The summed E-state index contributed by atoms with van der Waals surface area (Å²) in [7, 11) is 0. The van der Waals surface area contributed by atoms with E-state index in [2.05, 4.69) is 25.3 Å². The monoisotopic (exact) mass is 297 g/mol. The highest BCUT2D eigenvalue weighted by atomic mass is 32.1. The molecule has 0 aliphatic heterocycles. The fourth-order valence-electron chi connectivity index (χ4n) is 2.52. The Bertz CT molecular complexity index is 741.